The van der Waals surface area contributed by atoms with Crippen LogP contribution in [0.1, 0.15) is 19.4 Å². The van der Waals surface area contributed by atoms with Crippen molar-refractivity contribution in [1.82, 2.24) is 4.31 Å². The van der Waals surface area contributed by atoms with Crippen LogP contribution in [0.25, 0.3) is 0 Å². The molecule has 2 atom stereocenters. The van der Waals surface area contributed by atoms with Crippen molar-refractivity contribution in [1.29, 1.82) is 0 Å². The van der Waals surface area contributed by atoms with Gasteiger partial charge in [0.25, 0.3) is 10.0 Å². The molecule has 0 spiro atoms. The van der Waals surface area contributed by atoms with E-state index in [-0.39, 0.29) is 17.2 Å². The molecule has 1 aromatic carbocycles. The summed E-state index contributed by atoms with van der Waals surface area (Å²) in [4.78, 5) is 12.2. The first-order chi connectivity index (χ1) is 11.2. The minimum absolute atomic E-state index is 0.0312. The summed E-state index contributed by atoms with van der Waals surface area (Å²) in [7, 11) is -4.05. The highest BCUT2D eigenvalue weighted by atomic mass is 32.2. The normalized spacial score (nSPS) is 20.7. The Bertz CT molecular complexity index is 780. The van der Waals surface area contributed by atoms with Gasteiger partial charge in [0.05, 0.1) is 17.2 Å². The number of aryl methyl sites for hydroxylation is 1. The summed E-state index contributed by atoms with van der Waals surface area (Å²) in [5.74, 6) is -0.798. The number of aliphatic hydroxyl groups excluding tert-OH is 1. The van der Waals surface area contributed by atoms with Crippen molar-refractivity contribution in [3.05, 3.63) is 53.8 Å². The molecule has 6 nitrogen and oxygen atoms in total. The molecule has 1 N–H and O–H groups in total. The second kappa shape index (κ2) is 6.78. The third-order valence-electron chi connectivity index (χ3n) is 3.69. The van der Waals surface area contributed by atoms with E-state index in [1.54, 1.807) is 26.0 Å². The predicted molar refractivity (Wildman–Crippen MR) is 89.5 cm³/mol. The molecule has 0 bridgehead atoms. The topological polar surface area (TPSA) is 83.9 Å². The Kier molecular flexibility index (Phi) is 5.15. The predicted octanol–water partition coefficient (Wildman–Crippen LogP) is 1.75. The number of carbonyl (C=O) groups excluding carboxylic acids is 1. The van der Waals surface area contributed by atoms with Crippen molar-refractivity contribution in [2.75, 3.05) is 6.61 Å². The van der Waals surface area contributed by atoms with E-state index >= 15 is 0 Å². The van der Waals surface area contributed by atoms with E-state index in [4.69, 9.17) is 4.74 Å². The number of benzene rings is 1. The summed E-state index contributed by atoms with van der Waals surface area (Å²) < 4.78 is 31.9. The van der Waals surface area contributed by atoms with Crippen molar-refractivity contribution in [2.24, 2.45) is 0 Å². The van der Waals surface area contributed by atoms with Crippen molar-refractivity contribution < 1.29 is 23.1 Å². The Morgan fingerprint density at radius 3 is 2.42 bits per heavy atom. The molecule has 1 heterocycles. The Hall–Kier alpha value is -2.12. The molecule has 1 aliphatic rings. The second-order valence-electron chi connectivity index (χ2n) is 5.63. The minimum atomic E-state index is -4.05. The van der Waals surface area contributed by atoms with Gasteiger partial charge in [-0.1, -0.05) is 24.3 Å². The summed E-state index contributed by atoms with van der Waals surface area (Å²) in [5, 5.41) is 10.2. The van der Waals surface area contributed by atoms with Crippen LogP contribution in [0, 0.1) is 6.92 Å². The number of carbonyl (C=O) groups is 1. The zero-order valence-electron chi connectivity index (χ0n) is 13.9. The molecular weight excluding hydrogens is 330 g/mol. The fourth-order valence-electron chi connectivity index (χ4n) is 2.51. The molecule has 0 aliphatic carbocycles. The van der Waals surface area contributed by atoms with Gasteiger partial charge in [-0.05, 0) is 44.6 Å². The van der Waals surface area contributed by atoms with Crippen molar-refractivity contribution in [2.45, 2.75) is 37.8 Å². The third kappa shape index (κ3) is 3.22. The van der Waals surface area contributed by atoms with Crippen LogP contribution in [0.15, 0.2) is 53.1 Å². The highest BCUT2D eigenvalue weighted by molar-refractivity contribution is 7.89. The molecule has 0 saturated heterocycles. The van der Waals surface area contributed by atoms with Gasteiger partial charge in [0, 0.05) is 0 Å². The fraction of sp³-hybridized carbons (Fsp3) is 0.353. The lowest BCUT2D eigenvalue weighted by Gasteiger charge is -2.29. The van der Waals surface area contributed by atoms with E-state index in [2.05, 4.69) is 6.58 Å². The molecule has 1 aliphatic heterocycles. The highest BCUT2D eigenvalue weighted by Gasteiger charge is 2.46. The Balaban J connectivity index is 2.55. The van der Waals surface area contributed by atoms with Gasteiger partial charge in [-0.15, -0.1) is 0 Å². The number of allylic oxidation sites excluding steroid dienone is 1. The van der Waals surface area contributed by atoms with Crippen molar-refractivity contribution >= 4 is 16.0 Å². The molecule has 24 heavy (non-hydrogen) atoms. The quantitative estimate of drug-likeness (QED) is 0.817. The van der Waals surface area contributed by atoms with E-state index in [1.807, 2.05) is 6.92 Å². The van der Waals surface area contributed by atoms with E-state index in [0.717, 1.165) is 9.87 Å². The average molecular weight is 351 g/mol. The zero-order valence-corrected chi connectivity index (χ0v) is 14.7. The van der Waals surface area contributed by atoms with E-state index in [0.29, 0.717) is 5.57 Å². The molecule has 0 radical (unpaired) electrons. The zero-order chi connectivity index (χ0) is 18.1. The van der Waals surface area contributed by atoms with Crippen LogP contribution in [-0.2, 0) is 19.6 Å². The molecule has 130 valence electrons. The lowest BCUT2D eigenvalue weighted by atomic mass is 10.2. The Labute approximate surface area is 142 Å². The molecule has 0 fully saturated rings. The van der Waals surface area contributed by atoms with Gasteiger partial charge in [-0.3, -0.25) is 0 Å². The van der Waals surface area contributed by atoms with Gasteiger partial charge < -0.3 is 9.84 Å². The van der Waals surface area contributed by atoms with Crippen molar-refractivity contribution in [3.63, 3.8) is 0 Å². The van der Waals surface area contributed by atoms with Gasteiger partial charge in [0.2, 0.25) is 0 Å². The highest BCUT2D eigenvalue weighted by Crippen LogP contribution is 2.34. The number of aliphatic hydroxyl groups is 1. The average Bonchev–Trinajstić information content (AvgIpc) is 2.86. The first-order valence-electron chi connectivity index (χ1n) is 7.53. The van der Waals surface area contributed by atoms with Gasteiger partial charge in [-0.2, -0.15) is 0 Å². The molecule has 0 saturated carbocycles. The summed E-state index contributed by atoms with van der Waals surface area (Å²) in [6.07, 6.45) is 0.0197. The van der Waals surface area contributed by atoms with Crippen LogP contribution >= 0.6 is 0 Å². The lowest BCUT2D eigenvalue weighted by molar-refractivity contribution is -0.149. The SMILES string of the molecule is C=C(C)C1=C[C@@H](O)[C@H](C(=O)OCC)N1S(=O)(=O)c1ccc(C)cc1. The van der Waals surface area contributed by atoms with Crippen LogP contribution in [0.2, 0.25) is 0 Å². The van der Waals surface area contributed by atoms with Crippen LogP contribution in [0.4, 0.5) is 0 Å². The molecule has 2 rings (SSSR count). The largest absolute Gasteiger partial charge is 0.464 e. The smallest absolute Gasteiger partial charge is 0.333 e. The fourth-order valence-corrected chi connectivity index (χ4v) is 4.20. The monoisotopic (exact) mass is 351 g/mol. The maximum Gasteiger partial charge on any atom is 0.333 e. The van der Waals surface area contributed by atoms with Crippen LogP contribution < -0.4 is 0 Å². The number of hydrogen-bond acceptors (Lipinski definition) is 5. The minimum Gasteiger partial charge on any atom is -0.464 e. The van der Waals surface area contributed by atoms with Gasteiger partial charge in [0.1, 0.15) is 6.10 Å². The molecule has 7 heteroatoms. The summed E-state index contributed by atoms with van der Waals surface area (Å²) >= 11 is 0. The van der Waals surface area contributed by atoms with Gasteiger partial charge in [-0.25, -0.2) is 17.5 Å². The number of rotatable bonds is 5. The van der Waals surface area contributed by atoms with E-state index in [9.17, 15) is 18.3 Å². The summed E-state index contributed by atoms with van der Waals surface area (Å²) in [5.41, 5.74) is 1.53. The van der Waals surface area contributed by atoms with Crippen LogP contribution in [0.5, 0.6) is 0 Å². The third-order valence-corrected chi connectivity index (χ3v) is 5.49. The number of sulfonamides is 1. The number of ether oxygens (including phenoxy) is 1. The Morgan fingerprint density at radius 2 is 1.92 bits per heavy atom. The molecule has 0 unspecified atom stereocenters. The van der Waals surface area contributed by atoms with Gasteiger partial charge in [0.15, 0.2) is 6.04 Å². The Morgan fingerprint density at radius 1 is 1.33 bits per heavy atom. The number of esters is 1. The van der Waals surface area contributed by atoms with Gasteiger partial charge >= 0.3 is 5.97 Å². The first-order valence-corrected chi connectivity index (χ1v) is 8.97. The first kappa shape index (κ1) is 18.2. The second-order valence-corrected chi connectivity index (χ2v) is 7.45. The maximum absolute atomic E-state index is 13.1. The molecular formula is C17H21NO5S. The lowest BCUT2D eigenvalue weighted by Crippen LogP contribution is -2.47. The summed E-state index contributed by atoms with van der Waals surface area (Å²) in [6, 6.07) is 4.91. The number of nitrogens with zero attached hydrogens (tertiary/aromatic N) is 1. The molecule has 0 amide bonds. The van der Waals surface area contributed by atoms with E-state index < -0.39 is 28.1 Å². The molecule has 0 aromatic heterocycles. The van der Waals surface area contributed by atoms with Crippen molar-refractivity contribution in [3.8, 4) is 0 Å². The standard InChI is InChI=1S/C17H21NO5S/c1-5-23-17(20)16-15(19)10-14(11(2)3)18(16)24(21,22)13-8-6-12(4)7-9-13/h6-10,15-16,19H,2,5H2,1,3-4H3/t15-,16-/m1/s1. The number of hydrogen-bond donors (Lipinski definition) is 1. The summed E-state index contributed by atoms with van der Waals surface area (Å²) in [6.45, 7) is 8.91. The van der Waals surface area contributed by atoms with Crippen LogP contribution in [-0.4, -0.2) is 42.6 Å². The van der Waals surface area contributed by atoms with Crippen LogP contribution in [0.3, 0.4) is 0 Å². The van der Waals surface area contributed by atoms with E-state index in [1.165, 1.54) is 18.2 Å². The molecule has 1 aromatic rings. The maximum atomic E-state index is 13.1.